The maximum absolute atomic E-state index is 11.8. The van der Waals surface area contributed by atoms with Crippen molar-refractivity contribution >= 4 is 33.2 Å². The standard InChI is InChI=1S/C12H16BrN3O2/c1-15-12(17)11-7-18-5-4-16(11)10-3-2-8(13)6-9(10)14/h2-3,6,11H,4-5,7,14H2,1H3,(H,15,17). The first-order valence-electron chi connectivity index (χ1n) is 5.74. The first-order chi connectivity index (χ1) is 8.63. The highest BCUT2D eigenvalue weighted by molar-refractivity contribution is 9.10. The molecule has 3 N–H and O–H groups in total. The maximum Gasteiger partial charge on any atom is 0.244 e. The summed E-state index contributed by atoms with van der Waals surface area (Å²) in [5.41, 5.74) is 7.54. The van der Waals surface area contributed by atoms with Crippen LogP contribution >= 0.6 is 15.9 Å². The normalized spacial score (nSPS) is 19.7. The fourth-order valence-corrected chi connectivity index (χ4v) is 2.44. The summed E-state index contributed by atoms with van der Waals surface area (Å²) in [7, 11) is 1.63. The Bertz CT molecular complexity index is 453. The highest BCUT2D eigenvalue weighted by Gasteiger charge is 2.29. The molecule has 5 nitrogen and oxygen atoms in total. The minimum absolute atomic E-state index is 0.0583. The van der Waals surface area contributed by atoms with Crippen LogP contribution in [-0.2, 0) is 9.53 Å². The van der Waals surface area contributed by atoms with Gasteiger partial charge in [0.05, 0.1) is 24.6 Å². The molecule has 0 bridgehead atoms. The lowest BCUT2D eigenvalue weighted by Gasteiger charge is -2.36. The molecule has 1 fully saturated rings. The van der Waals surface area contributed by atoms with Gasteiger partial charge in [0, 0.05) is 18.1 Å². The van der Waals surface area contributed by atoms with Crippen molar-refractivity contribution in [1.82, 2.24) is 5.32 Å². The van der Waals surface area contributed by atoms with E-state index in [4.69, 9.17) is 10.5 Å². The summed E-state index contributed by atoms with van der Waals surface area (Å²) in [5, 5.41) is 2.65. The van der Waals surface area contributed by atoms with Gasteiger partial charge < -0.3 is 20.7 Å². The lowest BCUT2D eigenvalue weighted by molar-refractivity contribution is -0.124. The molecule has 98 valence electrons. The molecule has 1 aromatic rings. The number of amides is 1. The molecule has 1 heterocycles. The summed E-state index contributed by atoms with van der Waals surface area (Å²) in [6.07, 6.45) is 0. The van der Waals surface area contributed by atoms with Crippen molar-refractivity contribution in [3.8, 4) is 0 Å². The van der Waals surface area contributed by atoms with E-state index in [1.54, 1.807) is 7.05 Å². The van der Waals surface area contributed by atoms with Gasteiger partial charge >= 0.3 is 0 Å². The van der Waals surface area contributed by atoms with Crippen LogP contribution in [0.3, 0.4) is 0 Å². The fourth-order valence-electron chi connectivity index (χ4n) is 2.06. The van der Waals surface area contributed by atoms with Crippen LogP contribution in [0.25, 0.3) is 0 Å². The van der Waals surface area contributed by atoms with Crippen molar-refractivity contribution in [3.05, 3.63) is 22.7 Å². The number of hydrogen-bond donors (Lipinski definition) is 2. The molecule has 1 aliphatic heterocycles. The van der Waals surface area contributed by atoms with Gasteiger partial charge in [0.1, 0.15) is 6.04 Å². The first kappa shape index (κ1) is 13.2. The number of morpholine rings is 1. The minimum atomic E-state index is -0.327. The van der Waals surface area contributed by atoms with Gasteiger partial charge in [-0.25, -0.2) is 0 Å². The van der Waals surface area contributed by atoms with E-state index in [2.05, 4.69) is 21.2 Å². The molecule has 0 radical (unpaired) electrons. The van der Waals surface area contributed by atoms with Crippen LogP contribution in [0.2, 0.25) is 0 Å². The van der Waals surface area contributed by atoms with Gasteiger partial charge in [-0.3, -0.25) is 4.79 Å². The summed E-state index contributed by atoms with van der Waals surface area (Å²) in [5.74, 6) is -0.0583. The summed E-state index contributed by atoms with van der Waals surface area (Å²) >= 11 is 3.38. The lowest BCUT2D eigenvalue weighted by Crippen LogP contribution is -2.53. The molecule has 0 spiro atoms. The SMILES string of the molecule is CNC(=O)C1COCCN1c1ccc(Br)cc1N. The zero-order chi connectivity index (χ0) is 13.1. The molecule has 1 atom stereocenters. The third-order valence-electron chi connectivity index (χ3n) is 2.98. The third-order valence-corrected chi connectivity index (χ3v) is 3.47. The number of ether oxygens (including phenoxy) is 1. The van der Waals surface area contributed by atoms with Crippen LogP contribution < -0.4 is 16.0 Å². The average Bonchev–Trinajstić information content (AvgIpc) is 2.38. The fraction of sp³-hybridized carbons (Fsp3) is 0.417. The average molecular weight is 314 g/mol. The number of anilines is 2. The number of nitrogens with two attached hydrogens (primary N) is 1. The Morgan fingerprint density at radius 3 is 3.06 bits per heavy atom. The van der Waals surface area contributed by atoms with Crippen LogP contribution in [0.15, 0.2) is 22.7 Å². The molecule has 2 rings (SSSR count). The van der Waals surface area contributed by atoms with E-state index in [0.717, 1.165) is 10.2 Å². The number of hydrogen-bond acceptors (Lipinski definition) is 4. The topological polar surface area (TPSA) is 67.6 Å². The molecule has 18 heavy (non-hydrogen) atoms. The van der Waals surface area contributed by atoms with Gasteiger partial charge in [-0.1, -0.05) is 15.9 Å². The summed E-state index contributed by atoms with van der Waals surface area (Å²) in [6, 6.07) is 5.35. The van der Waals surface area contributed by atoms with E-state index in [0.29, 0.717) is 25.4 Å². The Morgan fingerprint density at radius 1 is 1.61 bits per heavy atom. The van der Waals surface area contributed by atoms with Crippen LogP contribution in [-0.4, -0.2) is 38.8 Å². The molecular weight excluding hydrogens is 298 g/mol. The van der Waals surface area contributed by atoms with Gasteiger partial charge in [-0.15, -0.1) is 0 Å². The Labute approximate surface area is 114 Å². The lowest BCUT2D eigenvalue weighted by atomic mass is 10.1. The summed E-state index contributed by atoms with van der Waals surface area (Å²) in [6.45, 7) is 1.64. The van der Waals surface area contributed by atoms with Crippen LogP contribution in [0, 0.1) is 0 Å². The van der Waals surface area contributed by atoms with E-state index in [-0.39, 0.29) is 11.9 Å². The Hall–Kier alpha value is -1.27. The number of carbonyl (C=O) groups is 1. The van der Waals surface area contributed by atoms with E-state index in [9.17, 15) is 4.79 Å². The van der Waals surface area contributed by atoms with Crippen molar-refractivity contribution in [1.29, 1.82) is 0 Å². The van der Waals surface area contributed by atoms with Crippen molar-refractivity contribution in [2.45, 2.75) is 6.04 Å². The van der Waals surface area contributed by atoms with Gasteiger partial charge in [-0.2, -0.15) is 0 Å². The number of nitrogens with one attached hydrogen (secondary N) is 1. The first-order valence-corrected chi connectivity index (χ1v) is 6.54. The quantitative estimate of drug-likeness (QED) is 0.799. The van der Waals surface area contributed by atoms with E-state index >= 15 is 0 Å². The molecule has 1 aliphatic rings. The van der Waals surface area contributed by atoms with Crippen molar-refractivity contribution in [2.75, 3.05) is 37.4 Å². The second kappa shape index (κ2) is 5.58. The van der Waals surface area contributed by atoms with Gasteiger partial charge in [0.15, 0.2) is 0 Å². The van der Waals surface area contributed by atoms with E-state index < -0.39 is 0 Å². The number of likely N-dealkylation sites (N-methyl/N-ethyl adjacent to an activating group) is 1. The molecule has 1 saturated heterocycles. The molecule has 0 saturated carbocycles. The Morgan fingerprint density at radius 2 is 2.39 bits per heavy atom. The maximum atomic E-state index is 11.8. The molecule has 1 aromatic carbocycles. The van der Waals surface area contributed by atoms with Gasteiger partial charge in [-0.05, 0) is 18.2 Å². The molecule has 1 amide bonds. The van der Waals surface area contributed by atoms with Gasteiger partial charge in [0.2, 0.25) is 5.91 Å². The zero-order valence-corrected chi connectivity index (χ0v) is 11.7. The molecule has 0 aromatic heterocycles. The Balaban J connectivity index is 2.30. The zero-order valence-electron chi connectivity index (χ0n) is 10.1. The number of carbonyl (C=O) groups excluding carboxylic acids is 1. The smallest absolute Gasteiger partial charge is 0.244 e. The molecular formula is C12H16BrN3O2. The second-order valence-electron chi connectivity index (χ2n) is 4.10. The monoisotopic (exact) mass is 313 g/mol. The predicted molar refractivity (Wildman–Crippen MR) is 74.6 cm³/mol. The number of rotatable bonds is 2. The van der Waals surface area contributed by atoms with Crippen molar-refractivity contribution < 1.29 is 9.53 Å². The summed E-state index contributed by atoms with van der Waals surface area (Å²) in [4.78, 5) is 13.8. The molecule has 0 aliphatic carbocycles. The Kier molecular flexibility index (Phi) is 4.08. The van der Waals surface area contributed by atoms with E-state index in [1.807, 2.05) is 23.1 Å². The largest absolute Gasteiger partial charge is 0.397 e. The van der Waals surface area contributed by atoms with E-state index in [1.165, 1.54) is 0 Å². The number of nitrogens with zero attached hydrogens (tertiary/aromatic N) is 1. The van der Waals surface area contributed by atoms with Crippen LogP contribution in [0.1, 0.15) is 0 Å². The highest BCUT2D eigenvalue weighted by Crippen LogP contribution is 2.29. The third kappa shape index (κ3) is 2.59. The molecule has 1 unspecified atom stereocenters. The van der Waals surface area contributed by atoms with Crippen molar-refractivity contribution in [3.63, 3.8) is 0 Å². The van der Waals surface area contributed by atoms with Crippen molar-refractivity contribution in [2.24, 2.45) is 0 Å². The predicted octanol–water partition coefficient (Wildman–Crippen LogP) is 0.982. The second-order valence-corrected chi connectivity index (χ2v) is 5.02. The van der Waals surface area contributed by atoms with Crippen LogP contribution in [0.4, 0.5) is 11.4 Å². The number of benzene rings is 1. The highest BCUT2D eigenvalue weighted by atomic mass is 79.9. The number of halogens is 1. The molecule has 6 heteroatoms. The van der Waals surface area contributed by atoms with Gasteiger partial charge in [0.25, 0.3) is 0 Å². The number of nitrogen functional groups attached to an aromatic ring is 1. The summed E-state index contributed by atoms with van der Waals surface area (Å²) < 4.78 is 6.29. The van der Waals surface area contributed by atoms with Crippen LogP contribution in [0.5, 0.6) is 0 Å². The minimum Gasteiger partial charge on any atom is -0.397 e.